The molecule has 0 aromatic carbocycles. The summed E-state index contributed by atoms with van der Waals surface area (Å²) in [5.74, 6) is 0. The lowest BCUT2D eigenvalue weighted by Gasteiger charge is -2.29. The van der Waals surface area contributed by atoms with Gasteiger partial charge in [0, 0.05) is 13.1 Å². The van der Waals surface area contributed by atoms with Gasteiger partial charge in [0.25, 0.3) is 0 Å². The van der Waals surface area contributed by atoms with Crippen molar-refractivity contribution in [3.63, 3.8) is 0 Å². The summed E-state index contributed by atoms with van der Waals surface area (Å²) in [5.41, 5.74) is 5.93. The lowest BCUT2D eigenvalue weighted by atomic mass is 10.7. The normalized spacial score (nSPS) is 16.8. The van der Waals surface area contributed by atoms with Crippen LogP contribution in [0.2, 0.25) is 0 Å². The Hall–Kier alpha value is 0.530. The smallest absolute Gasteiger partial charge is 0.137 e. The Kier molecular flexibility index (Phi) is 5.48. The monoisotopic (exact) mass is 195 g/mol. The van der Waals surface area contributed by atoms with Crippen LogP contribution < -0.4 is 10.6 Å². The minimum absolute atomic E-state index is 0.851. The molecule has 3 N–H and O–H groups in total. The Labute approximate surface area is 74.5 Å². The van der Waals surface area contributed by atoms with Crippen LogP contribution >= 0.6 is 6.49 Å². The molecule has 1 unspecified atom stereocenters. The molecule has 0 aliphatic carbocycles. The predicted octanol–water partition coefficient (Wildman–Crippen LogP) is 1.12. The Bertz CT molecular complexity index is 147. The van der Waals surface area contributed by atoms with E-state index in [9.17, 15) is 0 Å². The van der Waals surface area contributed by atoms with Crippen LogP contribution in [0.1, 0.15) is 20.8 Å². The average Bonchev–Trinajstić information content (AvgIpc) is 1.89. The fourth-order valence-corrected chi connectivity index (χ4v) is 3.54. The molecule has 0 heterocycles. The summed E-state index contributed by atoms with van der Waals surface area (Å²) in [7, 11) is 0. The molecule has 0 aliphatic rings. The van der Waals surface area contributed by atoms with Crippen molar-refractivity contribution in [1.29, 1.82) is 0 Å². The van der Waals surface area contributed by atoms with Crippen LogP contribution in [0.4, 0.5) is 0 Å². The van der Waals surface area contributed by atoms with Gasteiger partial charge in [0.1, 0.15) is 6.49 Å². The van der Waals surface area contributed by atoms with E-state index in [1.165, 1.54) is 0 Å². The van der Waals surface area contributed by atoms with Crippen molar-refractivity contribution < 1.29 is 0 Å². The third-order valence-corrected chi connectivity index (χ3v) is 4.79. The van der Waals surface area contributed by atoms with Gasteiger partial charge in [-0.2, -0.15) is 0 Å². The number of nitrogens with one attached hydrogen (secondary N) is 1. The summed E-state index contributed by atoms with van der Waals surface area (Å²) in [6.45, 7) is 7.00. The summed E-state index contributed by atoms with van der Waals surface area (Å²) in [6.07, 6.45) is 0. The highest BCUT2D eigenvalue weighted by Gasteiger charge is 2.15. The van der Waals surface area contributed by atoms with E-state index in [0.717, 1.165) is 19.6 Å². The Morgan fingerprint density at radius 2 is 1.82 bits per heavy atom. The number of hydrogen-bond donors (Lipinski definition) is 2. The first-order chi connectivity index (χ1) is 5.08. The maximum absolute atomic E-state index is 5.93. The standard InChI is InChI=1S/C6H18N3PS/c1-4-8-10(7,11)9(5-2)6-3/h4-6H2,1-3H3,(H3,7,8,11). The predicted molar refractivity (Wildman–Crippen MR) is 55.1 cm³/mol. The van der Waals surface area contributed by atoms with Crippen LogP contribution in [0.25, 0.3) is 0 Å². The lowest BCUT2D eigenvalue weighted by molar-refractivity contribution is 0.497. The van der Waals surface area contributed by atoms with Gasteiger partial charge in [-0.3, -0.25) is 15.3 Å². The molecular formula is C6H18N3PS. The maximum atomic E-state index is 5.93. The summed E-state index contributed by atoms with van der Waals surface area (Å²) in [5, 5.41) is 3.15. The minimum Gasteiger partial charge on any atom is -0.279 e. The van der Waals surface area contributed by atoms with Gasteiger partial charge in [-0.05, 0) is 18.4 Å². The molecule has 0 aromatic rings. The van der Waals surface area contributed by atoms with Crippen molar-refractivity contribution >= 4 is 18.3 Å². The summed E-state index contributed by atoms with van der Waals surface area (Å²) in [4.78, 5) is 0. The van der Waals surface area contributed by atoms with Crippen molar-refractivity contribution in [2.24, 2.45) is 5.50 Å². The molecular weight excluding hydrogens is 177 g/mol. The number of nitrogens with zero attached hydrogens (tertiary/aromatic N) is 1. The van der Waals surface area contributed by atoms with Crippen LogP contribution in [-0.4, -0.2) is 24.3 Å². The topological polar surface area (TPSA) is 41.3 Å². The molecule has 3 nitrogen and oxygen atoms in total. The van der Waals surface area contributed by atoms with Gasteiger partial charge < -0.3 is 0 Å². The highest BCUT2D eigenvalue weighted by molar-refractivity contribution is 8.11. The van der Waals surface area contributed by atoms with Crippen LogP contribution in [0, 0.1) is 0 Å². The fraction of sp³-hybridized carbons (Fsp3) is 1.00. The summed E-state index contributed by atoms with van der Waals surface area (Å²) in [6, 6.07) is 0. The highest BCUT2D eigenvalue weighted by Crippen LogP contribution is 2.35. The quantitative estimate of drug-likeness (QED) is 0.645. The van der Waals surface area contributed by atoms with Gasteiger partial charge in [-0.1, -0.05) is 20.8 Å². The zero-order chi connectivity index (χ0) is 8.91. The van der Waals surface area contributed by atoms with E-state index in [1.807, 2.05) is 6.92 Å². The molecule has 5 heteroatoms. The zero-order valence-electron chi connectivity index (χ0n) is 7.50. The molecule has 0 bridgehead atoms. The van der Waals surface area contributed by atoms with E-state index in [4.69, 9.17) is 17.3 Å². The maximum Gasteiger partial charge on any atom is 0.137 e. The van der Waals surface area contributed by atoms with Crippen LogP contribution in [0.15, 0.2) is 0 Å². The van der Waals surface area contributed by atoms with E-state index >= 15 is 0 Å². The number of rotatable bonds is 5. The van der Waals surface area contributed by atoms with Crippen LogP contribution in [0.5, 0.6) is 0 Å². The van der Waals surface area contributed by atoms with Gasteiger partial charge in [0.05, 0.1) is 0 Å². The van der Waals surface area contributed by atoms with Crippen molar-refractivity contribution in [3.05, 3.63) is 0 Å². The van der Waals surface area contributed by atoms with E-state index in [-0.39, 0.29) is 0 Å². The summed E-state index contributed by atoms with van der Waals surface area (Å²) < 4.78 is 2.12. The van der Waals surface area contributed by atoms with Crippen LogP contribution in [-0.2, 0) is 11.8 Å². The molecule has 0 amide bonds. The zero-order valence-corrected chi connectivity index (χ0v) is 9.21. The molecule has 1 atom stereocenters. The third-order valence-electron chi connectivity index (χ3n) is 1.53. The lowest BCUT2D eigenvalue weighted by Crippen LogP contribution is -2.32. The second-order valence-electron chi connectivity index (χ2n) is 2.27. The largest absolute Gasteiger partial charge is 0.279 e. The minimum atomic E-state index is -1.89. The molecule has 0 aromatic heterocycles. The van der Waals surface area contributed by atoms with Crippen molar-refractivity contribution in [1.82, 2.24) is 9.76 Å². The average molecular weight is 195 g/mol. The van der Waals surface area contributed by atoms with E-state index in [2.05, 4.69) is 23.6 Å². The van der Waals surface area contributed by atoms with E-state index in [0.29, 0.717) is 0 Å². The molecule has 0 saturated heterocycles. The second-order valence-corrected chi connectivity index (χ2v) is 6.07. The molecule has 0 spiro atoms. The van der Waals surface area contributed by atoms with Gasteiger partial charge in [0.2, 0.25) is 0 Å². The Balaban J connectivity index is 4.13. The SMILES string of the molecule is CCNP(N)(=S)N(CC)CC. The summed E-state index contributed by atoms with van der Waals surface area (Å²) >= 11 is 5.27. The molecule has 0 aliphatic heterocycles. The van der Waals surface area contributed by atoms with Gasteiger partial charge >= 0.3 is 0 Å². The molecule has 68 valence electrons. The van der Waals surface area contributed by atoms with Crippen molar-refractivity contribution in [3.8, 4) is 0 Å². The van der Waals surface area contributed by atoms with E-state index < -0.39 is 6.49 Å². The van der Waals surface area contributed by atoms with Crippen molar-refractivity contribution in [2.75, 3.05) is 19.6 Å². The Morgan fingerprint density at radius 3 is 2.09 bits per heavy atom. The molecule has 0 fully saturated rings. The second kappa shape index (κ2) is 5.22. The van der Waals surface area contributed by atoms with Gasteiger partial charge in [0.15, 0.2) is 0 Å². The first-order valence-electron chi connectivity index (χ1n) is 3.97. The first kappa shape index (κ1) is 11.5. The fourth-order valence-electron chi connectivity index (χ4n) is 0.970. The molecule has 11 heavy (non-hydrogen) atoms. The number of nitrogens with two attached hydrogens (primary N) is 1. The van der Waals surface area contributed by atoms with Crippen LogP contribution in [0.3, 0.4) is 0 Å². The third kappa shape index (κ3) is 3.63. The van der Waals surface area contributed by atoms with Crippen molar-refractivity contribution in [2.45, 2.75) is 20.8 Å². The first-order valence-corrected chi connectivity index (χ1v) is 6.80. The van der Waals surface area contributed by atoms with E-state index in [1.54, 1.807) is 0 Å². The van der Waals surface area contributed by atoms with Gasteiger partial charge in [-0.25, -0.2) is 0 Å². The molecule has 0 rings (SSSR count). The highest BCUT2D eigenvalue weighted by atomic mass is 32.4. The molecule has 0 saturated carbocycles. The Morgan fingerprint density at radius 1 is 1.36 bits per heavy atom. The number of hydrogen-bond acceptors (Lipinski definition) is 1. The molecule has 0 radical (unpaired) electrons. The van der Waals surface area contributed by atoms with Gasteiger partial charge in [-0.15, -0.1) is 0 Å².